The summed E-state index contributed by atoms with van der Waals surface area (Å²) in [7, 11) is -4.82. The van der Waals surface area contributed by atoms with E-state index in [2.05, 4.69) is 11.9 Å². The number of benzene rings is 1. The molecule has 0 aliphatic heterocycles. The molecule has 1 atom stereocenters. The molecule has 4 N–H and O–H groups in total. The van der Waals surface area contributed by atoms with Crippen LogP contribution in [0.5, 0.6) is 0 Å². The average Bonchev–Trinajstić information content (AvgIpc) is 2.75. The third-order valence-electron chi connectivity index (χ3n) is 4.13. The highest BCUT2D eigenvalue weighted by Gasteiger charge is 2.40. The first-order chi connectivity index (χ1) is 16.3. The number of primary amides is 1. The molecule has 0 fully saturated rings. The molecule has 0 aromatic heterocycles. The zero-order valence-corrected chi connectivity index (χ0v) is 20.5. The number of ether oxygens (including phenoxy) is 1. The Hall–Kier alpha value is -3.33. The third-order valence-corrected chi connectivity index (χ3v) is 5.86. The van der Waals surface area contributed by atoms with Gasteiger partial charge in [0.2, 0.25) is 5.91 Å². The lowest BCUT2D eigenvalue weighted by Crippen LogP contribution is -2.50. The van der Waals surface area contributed by atoms with Crippen LogP contribution in [0.4, 0.5) is 10.5 Å². The van der Waals surface area contributed by atoms with E-state index in [1.54, 1.807) is 20.8 Å². The molecule has 0 unspecified atom stereocenters. The van der Waals surface area contributed by atoms with E-state index in [0.717, 1.165) is 12.1 Å². The van der Waals surface area contributed by atoms with E-state index in [4.69, 9.17) is 15.3 Å². The van der Waals surface area contributed by atoms with E-state index in [0.29, 0.717) is 4.47 Å². The minimum Gasteiger partial charge on any atom is -0.444 e. The number of alkyl carbamates (subject to hydrolysis) is 1. The lowest BCUT2D eigenvalue weighted by molar-refractivity contribution is -0.387. The molecule has 1 aromatic carbocycles. The molecule has 0 aliphatic rings. The molecule has 0 saturated carbocycles. The highest BCUT2D eigenvalue weighted by Crippen LogP contribution is 2.29. The number of amides is 2. The van der Waals surface area contributed by atoms with Gasteiger partial charge in [-0.3, -0.25) is 19.7 Å². The van der Waals surface area contributed by atoms with Gasteiger partial charge in [0.25, 0.3) is 15.7 Å². The van der Waals surface area contributed by atoms with Gasteiger partial charge in [-0.25, -0.2) is 13.2 Å². The van der Waals surface area contributed by atoms with Gasteiger partial charge < -0.3 is 20.9 Å². The maximum atomic E-state index is 13.6. The van der Waals surface area contributed by atoms with Crippen LogP contribution in [0.1, 0.15) is 27.2 Å². The second-order valence-corrected chi connectivity index (χ2v) is 9.75. The first-order valence-electron chi connectivity index (χ1n) is 10.4. The number of nitrogens with zero attached hydrogens (tertiary/aromatic N) is 2. The molecule has 35 heavy (non-hydrogen) atoms. The van der Waals surface area contributed by atoms with Crippen molar-refractivity contribution >= 4 is 27.7 Å². The SMILES string of the molecule is C=CCON([C@@H](CNC(=O)OC(C)(C)C)/C(=C\CCO)C(N)=O)S(=O)(=O)c1ccccc1[N+](=O)[O-]. The first-order valence-corrected chi connectivity index (χ1v) is 11.8. The van der Waals surface area contributed by atoms with Gasteiger partial charge in [0.1, 0.15) is 5.60 Å². The molecule has 1 aromatic rings. The molecule has 194 valence electrons. The van der Waals surface area contributed by atoms with Crippen LogP contribution in [0.2, 0.25) is 0 Å². The van der Waals surface area contributed by atoms with Crippen LogP contribution < -0.4 is 11.1 Å². The molecular formula is C21H30N4O9S. The monoisotopic (exact) mass is 514 g/mol. The van der Waals surface area contributed by atoms with Gasteiger partial charge in [0.15, 0.2) is 4.90 Å². The Bertz CT molecular complexity index is 1060. The van der Waals surface area contributed by atoms with Crippen LogP contribution in [0.15, 0.2) is 53.5 Å². The topological polar surface area (TPSA) is 191 Å². The number of hydrogen-bond acceptors (Lipinski definition) is 9. The van der Waals surface area contributed by atoms with Gasteiger partial charge in [-0.05, 0) is 33.3 Å². The number of hydroxylamine groups is 1. The third kappa shape index (κ3) is 8.75. The number of sulfonamides is 1. The molecule has 0 aliphatic carbocycles. The van der Waals surface area contributed by atoms with Crippen molar-refractivity contribution in [2.75, 3.05) is 19.8 Å². The molecule has 1 rings (SSSR count). The number of hydrogen-bond donors (Lipinski definition) is 3. The zero-order chi connectivity index (χ0) is 26.8. The quantitative estimate of drug-likeness (QED) is 0.151. The van der Waals surface area contributed by atoms with Crippen LogP contribution in [-0.2, 0) is 24.4 Å². The number of nitrogens with one attached hydrogen (secondary N) is 1. The number of rotatable bonds is 13. The second-order valence-electron chi connectivity index (χ2n) is 8.00. The fourth-order valence-corrected chi connectivity index (χ4v) is 4.36. The van der Waals surface area contributed by atoms with Gasteiger partial charge >= 0.3 is 6.09 Å². The largest absolute Gasteiger partial charge is 0.444 e. The highest BCUT2D eigenvalue weighted by molar-refractivity contribution is 7.89. The fraction of sp³-hybridized carbons (Fsp3) is 0.429. The number of aliphatic hydroxyl groups is 1. The van der Waals surface area contributed by atoms with Crippen molar-refractivity contribution in [3.63, 3.8) is 0 Å². The van der Waals surface area contributed by atoms with Crippen molar-refractivity contribution in [1.29, 1.82) is 0 Å². The molecule has 0 spiro atoms. The summed E-state index contributed by atoms with van der Waals surface area (Å²) in [5, 5.41) is 23.0. The number of nitro groups is 1. The lowest BCUT2D eigenvalue weighted by atomic mass is 10.1. The summed E-state index contributed by atoms with van der Waals surface area (Å²) >= 11 is 0. The number of aliphatic hydroxyl groups excluding tert-OH is 1. The Balaban J connectivity index is 3.67. The van der Waals surface area contributed by atoms with Crippen molar-refractivity contribution in [2.45, 2.75) is 43.7 Å². The number of nitrogens with two attached hydrogens (primary N) is 1. The van der Waals surface area contributed by atoms with Gasteiger partial charge in [-0.15, -0.1) is 6.58 Å². The molecule has 13 nitrogen and oxygen atoms in total. The summed E-state index contributed by atoms with van der Waals surface area (Å²) < 4.78 is 32.6. The Morgan fingerprint density at radius 3 is 2.49 bits per heavy atom. The molecular weight excluding hydrogens is 484 g/mol. The van der Waals surface area contributed by atoms with Crippen molar-refractivity contribution < 1.29 is 37.6 Å². The summed E-state index contributed by atoms with van der Waals surface area (Å²) in [4.78, 5) is 39.7. The zero-order valence-electron chi connectivity index (χ0n) is 19.7. The Kier molecular flexibility index (Phi) is 11.0. The van der Waals surface area contributed by atoms with Crippen molar-refractivity contribution in [1.82, 2.24) is 9.79 Å². The van der Waals surface area contributed by atoms with Crippen LogP contribution >= 0.6 is 0 Å². The Labute approximate surface area is 203 Å². The average molecular weight is 515 g/mol. The summed E-state index contributed by atoms with van der Waals surface area (Å²) in [6.45, 7) is 6.94. The minimum atomic E-state index is -4.82. The predicted molar refractivity (Wildman–Crippen MR) is 125 cm³/mol. The van der Waals surface area contributed by atoms with E-state index in [-0.39, 0.29) is 18.6 Å². The summed E-state index contributed by atoms with van der Waals surface area (Å²) in [6, 6.07) is 2.96. The van der Waals surface area contributed by atoms with E-state index < -0.39 is 62.3 Å². The molecule has 0 radical (unpaired) electrons. The maximum absolute atomic E-state index is 13.6. The van der Waals surface area contributed by atoms with Crippen molar-refractivity contribution in [3.8, 4) is 0 Å². The summed E-state index contributed by atoms with van der Waals surface area (Å²) in [5.41, 5.74) is 3.52. The second kappa shape index (κ2) is 12.9. The summed E-state index contributed by atoms with van der Waals surface area (Å²) in [5.74, 6) is -1.07. The number of nitro benzene ring substituents is 1. The van der Waals surface area contributed by atoms with Gasteiger partial charge in [0, 0.05) is 24.8 Å². The Morgan fingerprint density at radius 2 is 1.97 bits per heavy atom. The minimum absolute atomic E-state index is 0.0813. The number of carbonyl (C=O) groups excluding carboxylic acids is 2. The van der Waals surface area contributed by atoms with E-state index in [1.807, 2.05) is 0 Å². The molecule has 0 bridgehead atoms. The van der Waals surface area contributed by atoms with Crippen LogP contribution in [0.25, 0.3) is 0 Å². The lowest BCUT2D eigenvalue weighted by Gasteiger charge is -2.31. The van der Waals surface area contributed by atoms with Crippen molar-refractivity contribution in [3.05, 3.63) is 58.7 Å². The number of carbonyl (C=O) groups is 2. The van der Waals surface area contributed by atoms with Gasteiger partial charge in [-0.2, -0.15) is 0 Å². The first kappa shape index (κ1) is 29.7. The van der Waals surface area contributed by atoms with Gasteiger partial charge in [-0.1, -0.05) is 28.8 Å². The van der Waals surface area contributed by atoms with Crippen LogP contribution in [-0.4, -0.2) is 66.3 Å². The van der Waals surface area contributed by atoms with Gasteiger partial charge in [0.05, 0.1) is 17.6 Å². The Morgan fingerprint density at radius 1 is 1.34 bits per heavy atom. The van der Waals surface area contributed by atoms with E-state index in [9.17, 15) is 33.2 Å². The van der Waals surface area contributed by atoms with Crippen molar-refractivity contribution in [2.24, 2.45) is 5.73 Å². The highest BCUT2D eigenvalue weighted by atomic mass is 32.2. The van der Waals surface area contributed by atoms with Crippen LogP contribution in [0.3, 0.4) is 0 Å². The smallest absolute Gasteiger partial charge is 0.407 e. The molecule has 14 heteroatoms. The predicted octanol–water partition coefficient (Wildman–Crippen LogP) is 1.39. The maximum Gasteiger partial charge on any atom is 0.407 e. The number of para-hydroxylation sites is 1. The molecule has 2 amide bonds. The van der Waals surface area contributed by atoms with E-state index >= 15 is 0 Å². The summed E-state index contributed by atoms with van der Waals surface area (Å²) in [6.07, 6.45) is 1.38. The molecule has 0 heterocycles. The standard InChI is InChI=1S/C21H30N4O9S/c1-5-13-33-25(35(31,32)18-11-7-6-10-16(18)24(29)30)17(15(19(22)27)9-8-12-26)14-23-20(28)34-21(2,3)4/h5-7,9-11,17,26H,1,8,12-14H2,2-4H3,(H2,22,27)(H,23,28)/b15-9+/t17-/m0/s1. The van der Waals surface area contributed by atoms with Crippen LogP contribution in [0, 0.1) is 10.1 Å². The fourth-order valence-electron chi connectivity index (χ4n) is 2.79. The molecule has 0 saturated heterocycles. The normalized spacial score (nSPS) is 13.2. The van der Waals surface area contributed by atoms with E-state index in [1.165, 1.54) is 24.3 Å².